The molecule has 0 aliphatic rings. The van der Waals surface area contributed by atoms with Crippen LogP contribution >= 0.6 is 0 Å². The first-order valence-corrected chi connectivity index (χ1v) is 13.5. The summed E-state index contributed by atoms with van der Waals surface area (Å²) in [5, 5.41) is 15.9. The van der Waals surface area contributed by atoms with Gasteiger partial charge in [0.25, 0.3) is 17.5 Å². The number of amides is 3. The van der Waals surface area contributed by atoms with Crippen molar-refractivity contribution < 1.29 is 63.2 Å². The minimum atomic E-state index is -6.40. The molecule has 2 aromatic rings. The lowest BCUT2D eigenvalue weighted by molar-refractivity contribution is -0.385. The highest BCUT2D eigenvalue weighted by Crippen LogP contribution is 2.53. The van der Waals surface area contributed by atoms with E-state index in [0.29, 0.717) is 6.07 Å². The van der Waals surface area contributed by atoms with E-state index < -0.39 is 97.2 Å². The molecule has 9 nitrogen and oxygen atoms in total. The lowest BCUT2D eigenvalue weighted by Gasteiger charge is -2.30. The molecule has 0 bridgehead atoms. The number of carbonyl (C=O) groups is 3. The van der Waals surface area contributed by atoms with Crippen LogP contribution in [0, 0.1) is 17.0 Å². The van der Waals surface area contributed by atoms with Crippen molar-refractivity contribution in [2.75, 3.05) is 17.3 Å². The number of rotatable bonds is 8. The molecule has 2 atom stereocenters. The van der Waals surface area contributed by atoms with E-state index in [-0.39, 0.29) is 17.9 Å². The third-order valence-corrected chi connectivity index (χ3v) is 7.17. The van der Waals surface area contributed by atoms with Crippen LogP contribution in [0.2, 0.25) is 0 Å². The third kappa shape index (κ3) is 7.88. The summed E-state index contributed by atoms with van der Waals surface area (Å²) in [5.41, 5.74) is -11.0. The zero-order chi connectivity index (χ0) is 34.0. The zero-order valence-corrected chi connectivity index (χ0v) is 23.2. The van der Waals surface area contributed by atoms with E-state index in [1.165, 1.54) is 6.92 Å². The van der Waals surface area contributed by atoms with Crippen LogP contribution in [0.15, 0.2) is 40.8 Å². The van der Waals surface area contributed by atoms with E-state index in [0.717, 1.165) is 31.4 Å². The number of nitro groups is 1. The molecule has 2 aromatic carbocycles. The molecule has 3 amide bonds. The third-order valence-electron chi connectivity index (χ3n) is 5.71. The number of benzene rings is 2. The van der Waals surface area contributed by atoms with E-state index >= 15 is 0 Å². The summed E-state index contributed by atoms with van der Waals surface area (Å²) in [5.74, 6) is -5.25. The molecular weight excluding hydrogens is 646 g/mol. The predicted molar refractivity (Wildman–Crippen MR) is 136 cm³/mol. The number of nitrogens with zero attached hydrogens (tertiary/aromatic N) is 2. The Kier molecular flexibility index (Phi) is 10.6. The monoisotopic (exact) mass is 666 g/mol. The van der Waals surface area contributed by atoms with E-state index in [2.05, 4.69) is 15.0 Å². The van der Waals surface area contributed by atoms with Crippen molar-refractivity contribution in [3.05, 3.63) is 68.8 Å². The number of nitro benzene ring substituents is 1. The van der Waals surface area contributed by atoms with Gasteiger partial charge in [0.05, 0.1) is 10.5 Å². The van der Waals surface area contributed by atoms with Crippen molar-refractivity contribution in [2.24, 2.45) is 4.36 Å². The van der Waals surface area contributed by atoms with Gasteiger partial charge in [0.2, 0.25) is 0 Å². The average Bonchev–Trinajstić information content (AvgIpc) is 2.86. The Hall–Kier alpha value is -4.10. The molecule has 0 aromatic heterocycles. The lowest BCUT2D eigenvalue weighted by atomic mass is 9.92. The molecule has 0 aliphatic heterocycles. The van der Waals surface area contributed by atoms with Crippen molar-refractivity contribution in [2.45, 2.75) is 44.1 Å². The predicted octanol–water partition coefficient (Wildman–Crippen LogP) is 6.08. The molecule has 0 radical (unpaired) electrons. The first-order chi connectivity index (χ1) is 19.9. The minimum Gasteiger partial charge on any atom is -0.348 e. The van der Waals surface area contributed by atoms with Crippen LogP contribution in [0.1, 0.15) is 38.8 Å². The van der Waals surface area contributed by atoms with Crippen LogP contribution in [0.3, 0.4) is 0 Å². The van der Waals surface area contributed by atoms with E-state index in [9.17, 15) is 68.4 Å². The number of carbonyl (C=O) groups excluding carboxylic acids is 3. The highest BCUT2D eigenvalue weighted by molar-refractivity contribution is 7.86. The lowest BCUT2D eigenvalue weighted by Crippen LogP contribution is -2.50. The van der Waals surface area contributed by atoms with Crippen LogP contribution in [-0.2, 0) is 21.2 Å². The Morgan fingerprint density at radius 1 is 0.955 bits per heavy atom. The van der Waals surface area contributed by atoms with E-state index in [4.69, 9.17) is 0 Å². The second-order valence-corrected chi connectivity index (χ2v) is 10.8. The molecule has 0 saturated heterocycles. The minimum absolute atomic E-state index is 0.128. The van der Waals surface area contributed by atoms with Gasteiger partial charge in [-0.1, -0.05) is 28.9 Å². The summed E-state index contributed by atoms with van der Waals surface area (Å²) < 4.78 is 133. The van der Waals surface area contributed by atoms with E-state index in [1.54, 1.807) is 0 Å². The SMILES string of the molecule is Cc1cc(C(F)(C(F)(F)F)C(F)(F)F)ccc1NC(=O)c1cccc([N+](=O)[O-])c1C(=O)N[C@@H](C)CS(C)=NC(=O)C(F)(F)F. The van der Waals surface area contributed by atoms with Gasteiger partial charge in [-0.05, 0) is 37.8 Å². The highest BCUT2D eigenvalue weighted by atomic mass is 32.2. The molecule has 2 N–H and O–H groups in total. The Bertz CT molecular complexity index is 1490. The fourth-order valence-electron chi connectivity index (χ4n) is 3.75. The fraction of sp³-hybridized carbons (Fsp3) is 0.375. The summed E-state index contributed by atoms with van der Waals surface area (Å²) in [4.78, 5) is 47.7. The van der Waals surface area contributed by atoms with Crippen molar-refractivity contribution in [3.63, 3.8) is 0 Å². The van der Waals surface area contributed by atoms with Gasteiger partial charge in [0.15, 0.2) is 0 Å². The molecule has 44 heavy (non-hydrogen) atoms. The van der Waals surface area contributed by atoms with Crippen LogP contribution in [0.5, 0.6) is 0 Å². The van der Waals surface area contributed by atoms with E-state index in [1.807, 2.05) is 0 Å². The molecule has 0 aliphatic carbocycles. The van der Waals surface area contributed by atoms with Gasteiger partial charge >= 0.3 is 30.1 Å². The molecular formula is C24H20F10N4O5S. The van der Waals surface area contributed by atoms with Crippen LogP contribution in [0.25, 0.3) is 0 Å². The summed E-state index contributed by atoms with van der Waals surface area (Å²) >= 11 is 0. The first-order valence-electron chi connectivity index (χ1n) is 11.7. The number of anilines is 1. The summed E-state index contributed by atoms with van der Waals surface area (Å²) in [7, 11) is -1.57. The molecule has 0 spiro atoms. The van der Waals surface area contributed by atoms with Crippen molar-refractivity contribution in [1.82, 2.24) is 5.32 Å². The van der Waals surface area contributed by atoms with Crippen LogP contribution in [0.4, 0.5) is 55.3 Å². The molecule has 0 heterocycles. The van der Waals surface area contributed by atoms with Crippen molar-refractivity contribution >= 4 is 39.8 Å². The molecule has 0 saturated carbocycles. The Morgan fingerprint density at radius 3 is 2.00 bits per heavy atom. The maximum Gasteiger partial charge on any atom is 0.474 e. The second-order valence-electron chi connectivity index (χ2n) is 9.13. The topological polar surface area (TPSA) is 131 Å². The highest BCUT2D eigenvalue weighted by Gasteiger charge is 2.73. The molecule has 2 rings (SSSR count). The van der Waals surface area contributed by atoms with Gasteiger partial charge in [0.1, 0.15) is 5.56 Å². The number of halogens is 10. The van der Waals surface area contributed by atoms with Crippen LogP contribution < -0.4 is 10.6 Å². The van der Waals surface area contributed by atoms with Gasteiger partial charge in [-0.15, -0.1) is 0 Å². The maximum absolute atomic E-state index is 14.4. The summed E-state index contributed by atoms with van der Waals surface area (Å²) in [6, 6.07) is 2.54. The normalized spacial score (nSPS) is 14.1. The number of aryl methyl sites for hydroxylation is 1. The van der Waals surface area contributed by atoms with Gasteiger partial charge in [0, 0.05) is 29.1 Å². The Morgan fingerprint density at radius 2 is 1.52 bits per heavy atom. The number of hydrogen-bond acceptors (Lipinski definition) is 5. The molecule has 1 unspecified atom stereocenters. The summed E-state index contributed by atoms with van der Waals surface area (Å²) in [6.45, 7) is 2.20. The van der Waals surface area contributed by atoms with Crippen molar-refractivity contribution in [1.29, 1.82) is 0 Å². The van der Waals surface area contributed by atoms with Crippen molar-refractivity contribution in [3.8, 4) is 0 Å². The largest absolute Gasteiger partial charge is 0.474 e. The quantitative estimate of drug-likeness (QED) is 0.200. The number of nitrogens with one attached hydrogen (secondary N) is 2. The Labute approximate surface area is 243 Å². The summed E-state index contributed by atoms with van der Waals surface area (Å²) in [6.07, 6.45) is -16.9. The number of alkyl halides is 10. The second kappa shape index (κ2) is 12.9. The zero-order valence-electron chi connectivity index (χ0n) is 22.4. The molecule has 20 heteroatoms. The first kappa shape index (κ1) is 36.1. The molecule has 0 fully saturated rings. The van der Waals surface area contributed by atoms with Gasteiger partial charge in [-0.25, -0.2) is 4.39 Å². The number of hydrogen-bond donors (Lipinski definition) is 2. The standard InChI is InChI=1S/C24H20F10N4O5S/c1-11-9-13(21(25,23(29,30)31)24(32,33)34)7-8-15(11)36-18(39)14-5-4-6-16(38(42)43)17(14)19(40)35-12(2)10-44(3)37-20(41)22(26,27)28/h4-9,12H,10H2,1-3H3,(H,35,40)(H,36,39)/t12-,44?/m0/s1. The van der Waals surface area contributed by atoms with Gasteiger partial charge in [-0.3, -0.25) is 24.5 Å². The Balaban J connectivity index is 2.43. The smallest absolute Gasteiger partial charge is 0.348 e. The van der Waals surface area contributed by atoms with Crippen LogP contribution in [-0.4, -0.2) is 59.2 Å². The maximum atomic E-state index is 14.4. The fourth-order valence-corrected chi connectivity index (χ4v) is 5.01. The molecule has 242 valence electrons. The van der Waals surface area contributed by atoms with Gasteiger partial charge < -0.3 is 10.6 Å². The van der Waals surface area contributed by atoms with Gasteiger partial charge in [-0.2, -0.15) is 43.9 Å². The average molecular weight is 666 g/mol.